The summed E-state index contributed by atoms with van der Waals surface area (Å²) in [6.45, 7) is 11.3. The molecule has 6 N–H and O–H groups in total. The van der Waals surface area contributed by atoms with Crippen LogP contribution < -0.4 is 40.4 Å². The molecule has 2 atom stereocenters. The number of benzene rings is 2. The lowest BCUT2D eigenvalue weighted by atomic mass is 9.98. The Bertz CT molecular complexity index is 2640. The van der Waals surface area contributed by atoms with Crippen LogP contribution in [0, 0.1) is 0 Å². The van der Waals surface area contributed by atoms with Gasteiger partial charge in [0.15, 0.2) is 27.6 Å². The maximum absolute atomic E-state index is 14.0. The summed E-state index contributed by atoms with van der Waals surface area (Å²) >= 11 is -3.91. The largest absolute Gasteiger partial charge is 0.497 e. The second kappa shape index (κ2) is 22.7. The van der Waals surface area contributed by atoms with Gasteiger partial charge in [0, 0.05) is 18.0 Å². The van der Waals surface area contributed by atoms with Gasteiger partial charge in [-0.2, -0.15) is 4.73 Å². The lowest BCUT2D eigenvalue weighted by molar-refractivity contribution is -0.179. The van der Waals surface area contributed by atoms with Gasteiger partial charge in [0.2, 0.25) is 11.0 Å². The molecule has 1 aliphatic rings. The fourth-order valence-electron chi connectivity index (χ4n) is 6.02. The lowest BCUT2D eigenvalue weighted by Gasteiger charge is -2.50. The first-order valence-corrected chi connectivity index (χ1v) is 23.8. The Kier molecular flexibility index (Phi) is 17.6. The molecular weight excluding hydrogens is 975 g/mol. The summed E-state index contributed by atoms with van der Waals surface area (Å²) in [4.78, 5) is 95.0. The van der Waals surface area contributed by atoms with Crippen molar-refractivity contribution in [1.82, 2.24) is 24.7 Å². The second-order valence-electron chi connectivity index (χ2n) is 17.9. The number of esters is 1. The first-order valence-electron chi connectivity index (χ1n) is 21.4. The van der Waals surface area contributed by atoms with E-state index in [1.807, 2.05) is 0 Å². The summed E-state index contributed by atoms with van der Waals surface area (Å²) in [7, 11) is 3.06. The first-order chi connectivity index (χ1) is 33.2. The van der Waals surface area contributed by atoms with Crippen molar-refractivity contribution in [3.05, 3.63) is 98.9 Å². The Morgan fingerprint density at radius 1 is 0.817 bits per heavy atom. The molecule has 0 radical (unpaired) electrons. The van der Waals surface area contributed by atoms with E-state index >= 15 is 0 Å². The van der Waals surface area contributed by atoms with Crippen LogP contribution in [-0.2, 0) is 53.3 Å². The van der Waals surface area contributed by atoms with Gasteiger partial charge in [0.05, 0.1) is 32.2 Å². The van der Waals surface area contributed by atoms with Crippen molar-refractivity contribution in [3.63, 3.8) is 0 Å². The Balaban J connectivity index is 1.33. The van der Waals surface area contributed by atoms with Gasteiger partial charge in [-0.25, -0.2) is 23.7 Å². The number of nitrogens with one attached hydrogen (secondary N) is 3. The van der Waals surface area contributed by atoms with Crippen molar-refractivity contribution < 1.29 is 75.7 Å². The third-order valence-electron chi connectivity index (χ3n) is 9.49. The van der Waals surface area contributed by atoms with Crippen LogP contribution in [0.4, 0.5) is 14.7 Å². The number of anilines is 1. The molecule has 0 unspecified atom stereocenters. The number of amides is 4. The third kappa shape index (κ3) is 15.7. The van der Waals surface area contributed by atoms with E-state index in [0.717, 1.165) is 23.0 Å². The fraction of sp³-hybridized carbons (Fsp3) is 0.422. The number of carbonyl (C=O) groups excluding carboxylic acids is 5. The van der Waals surface area contributed by atoms with E-state index in [1.165, 1.54) is 44.4 Å². The van der Waals surface area contributed by atoms with E-state index in [0.29, 0.717) is 17.1 Å². The van der Waals surface area contributed by atoms with Crippen molar-refractivity contribution in [2.45, 2.75) is 104 Å². The van der Waals surface area contributed by atoms with Gasteiger partial charge in [-0.15, -0.1) is 11.3 Å². The van der Waals surface area contributed by atoms with E-state index < -0.39 is 94.2 Å². The molecule has 0 saturated carbocycles. The number of ether oxygens (including phenoxy) is 6. The standard InChI is InChI=1S/C45H57N7O17S2/c1-43(2,3)67-39(56)45(7,8)69-50-35(31-25-70-40(47-31)49-42(58)68-44(4,5)6)37(54)48-36-32(52(38(36)55)71(59,60)61)20-46-41(57)65-24-28-19-33(53)34(64-22-26-11-15-29(62-9)16-12-26)21-51(28)66-23-27-13-17-30(63-10)18-14-27/h11-19,21,25,32,36,59-61H,20,22-24H2,1-10H3,(H,46,57)(H,48,54)(H,47,49,58)/b50-35-/t32-,36+/m1/s1. The van der Waals surface area contributed by atoms with Crippen molar-refractivity contribution in [3.8, 4) is 17.2 Å². The van der Waals surface area contributed by atoms with Crippen LogP contribution in [0.2, 0.25) is 0 Å². The monoisotopic (exact) mass is 1030 g/mol. The molecule has 1 aliphatic heterocycles. The number of hydrogen-bond acceptors (Lipinski definition) is 20. The van der Waals surface area contributed by atoms with Gasteiger partial charge in [-0.05, 0) is 90.8 Å². The highest BCUT2D eigenvalue weighted by Crippen LogP contribution is 2.46. The zero-order chi connectivity index (χ0) is 52.5. The Morgan fingerprint density at radius 2 is 1.41 bits per heavy atom. The van der Waals surface area contributed by atoms with Crippen molar-refractivity contribution >= 4 is 63.2 Å². The quantitative estimate of drug-likeness (QED) is 0.0210. The summed E-state index contributed by atoms with van der Waals surface area (Å²) < 4.78 is 64.3. The summed E-state index contributed by atoms with van der Waals surface area (Å²) in [5.41, 5.74) is -3.48. The number of rotatable bonds is 20. The molecule has 2 aromatic carbocycles. The average Bonchev–Trinajstić information content (AvgIpc) is 3.73. The van der Waals surface area contributed by atoms with Crippen LogP contribution in [0.5, 0.6) is 17.2 Å². The van der Waals surface area contributed by atoms with E-state index in [1.54, 1.807) is 90.1 Å². The van der Waals surface area contributed by atoms with Crippen LogP contribution in [0.1, 0.15) is 77.9 Å². The number of aromatic nitrogens is 2. The molecule has 4 aromatic rings. The minimum Gasteiger partial charge on any atom is -0.497 e. The molecule has 26 heteroatoms. The van der Waals surface area contributed by atoms with Crippen LogP contribution >= 0.6 is 22.4 Å². The summed E-state index contributed by atoms with van der Waals surface area (Å²) in [5.74, 6) is -2.05. The number of methoxy groups -OCH3 is 2. The normalized spacial score (nSPS) is 15.4. The first kappa shape index (κ1) is 54.8. The molecule has 386 valence electrons. The zero-order valence-corrected chi connectivity index (χ0v) is 42.1. The lowest BCUT2D eigenvalue weighted by Crippen LogP contribution is -2.73. The molecule has 0 aliphatic carbocycles. The van der Waals surface area contributed by atoms with Crippen molar-refractivity contribution in [2.75, 3.05) is 26.1 Å². The molecule has 2 aromatic heterocycles. The molecule has 1 fully saturated rings. The molecule has 4 amide bonds. The van der Waals surface area contributed by atoms with Gasteiger partial charge in [-0.1, -0.05) is 29.4 Å². The summed E-state index contributed by atoms with van der Waals surface area (Å²) in [6, 6.07) is 11.9. The highest BCUT2D eigenvalue weighted by atomic mass is 32.3. The summed E-state index contributed by atoms with van der Waals surface area (Å²) in [5, 5.41) is 12.3. The fourth-order valence-corrected chi connectivity index (χ4v) is 7.62. The second-order valence-corrected chi connectivity index (χ2v) is 20.1. The minimum absolute atomic E-state index is 0.0111. The van der Waals surface area contributed by atoms with Crippen LogP contribution in [0.15, 0.2) is 76.1 Å². The minimum atomic E-state index is -4.77. The van der Waals surface area contributed by atoms with E-state index in [2.05, 4.69) is 26.1 Å². The van der Waals surface area contributed by atoms with E-state index in [4.69, 9.17) is 38.1 Å². The molecule has 24 nitrogen and oxygen atoms in total. The van der Waals surface area contributed by atoms with Crippen LogP contribution in [-0.4, -0.2) is 113 Å². The van der Waals surface area contributed by atoms with Gasteiger partial charge in [0.1, 0.15) is 54.3 Å². The van der Waals surface area contributed by atoms with Crippen LogP contribution in [0.25, 0.3) is 0 Å². The molecule has 0 spiro atoms. The number of alkyl carbamates (subject to hydrolysis) is 1. The Hall–Kier alpha value is -7.13. The molecular formula is C45H57N7O17S2. The highest BCUT2D eigenvalue weighted by Gasteiger charge is 2.55. The van der Waals surface area contributed by atoms with Crippen molar-refractivity contribution in [2.24, 2.45) is 5.16 Å². The highest BCUT2D eigenvalue weighted by molar-refractivity contribution is 8.17. The van der Waals surface area contributed by atoms with Crippen molar-refractivity contribution in [1.29, 1.82) is 0 Å². The average molecular weight is 1030 g/mol. The van der Waals surface area contributed by atoms with Gasteiger partial charge in [0.25, 0.3) is 11.8 Å². The molecule has 0 bridgehead atoms. The zero-order valence-electron chi connectivity index (χ0n) is 40.5. The van der Waals surface area contributed by atoms with Crippen LogP contribution in [0.3, 0.4) is 0 Å². The topological polar surface area (TPSA) is 306 Å². The van der Waals surface area contributed by atoms with Gasteiger partial charge in [-0.3, -0.25) is 33.4 Å². The molecule has 5 rings (SSSR count). The maximum Gasteiger partial charge on any atom is 0.413 e. The Morgan fingerprint density at radius 3 is 1.97 bits per heavy atom. The maximum atomic E-state index is 14.0. The predicted molar refractivity (Wildman–Crippen MR) is 257 cm³/mol. The Labute approximate surface area is 413 Å². The number of carbonyl (C=O) groups is 5. The van der Waals surface area contributed by atoms with Gasteiger partial charge < -0.3 is 48.7 Å². The SMILES string of the molecule is COc1ccc(COc2cn(OCc3ccc(OC)cc3)c(COC(=O)NC[C@@H]3[C@H](NC(=O)/C(=N\OC(C)(C)C(=O)OC(C)(C)C)c4csc(NC(=O)OC(C)(C)C)n4)C(=O)N3S(O)(O)O)cc2=O)cc1. The molecule has 3 heterocycles. The number of hydrogen-bond donors (Lipinski definition) is 6. The van der Waals surface area contributed by atoms with E-state index in [-0.39, 0.29) is 39.8 Å². The molecule has 71 heavy (non-hydrogen) atoms. The number of nitrogens with zero attached hydrogens (tertiary/aromatic N) is 4. The molecule has 1 saturated heterocycles. The predicted octanol–water partition coefficient (Wildman–Crippen LogP) is 5.48. The van der Waals surface area contributed by atoms with E-state index in [9.17, 15) is 42.4 Å². The smallest absolute Gasteiger partial charge is 0.413 e. The number of β-lactam (4-membered cyclic amide) rings is 1. The third-order valence-corrected chi connectivity index (χ3v) is 11.2. The summed E-state index contributed by atoms with van der Waals surface area (Å²) in [6.07, 6.45) is -0.725. The number of pyridine rings is 1. The van der Waals surface area contributed by atoms with Gasteiger partial charge >= 0.3 is 18.2 Å². The number of thiazole rings is 1. The number of oxime groups is 1.